The minimum Gasteiger partial charge on any atom is -0.309 e. The van der Waals surface area contributed by atoms with Crippen molar-refractivity contribution in [1.82, 2.24) is 0 Å². The van der Waals surface area contributed by atoms with Crippen molar-refractivity contribution in [3.05, 3.63) is 151 Å². The molecule has 45 heavy (non-hydrogen) atoms. The summed E-state index contributed by atoms with van der Waals surface area (Å²) < 4.78 is 0. The van der Waals surface area contributed by atoms with E-state index in [0.717, 1.165) is 11.4 Å². The molecule has 0 spiro atoms. The lowest BCUT2D eigenvalue weighted by atomic mass is 9.61. The van der Waals surface area contributed by atoms with Gasteiger partial charge >= 0.3 is 0 Å². The van der Waals surface area contributed by atoms with Crippen molar-refractivity contribution in [3.8, 4) is 11.1 Å². The van der Waals surface area contributed by atoms with Crippen LogP contribution in [0.5, 0.6) is 0 Å². The molecule has 7 aromatic rings. The summed E-state index contributed by atoms with van der Waals surface area (Å²) in [6.45, 7) is 9.73. The number of rotatable bonds is 4. The number of benzene rings is 7. The van der Waals surface area contributed by atoms with E-state index in [-0.39, 0.29) is 10.8 Å². The summed E-state index contributed by atoms with van der Waals surface area (Å²) in [6, 6.07) is 51.5. The Balaban J connectivity index is 1.50. The van der Waals surface area contributed by atoms with Gasteiger partial charge in [-0.2, -0.15) is 0 Å². The lowest BCUT2D eigenvalue weighted by molar-refractivity contribution is 0.333. The summed E-state index contributed by atoms with van der Waals surface area (Å²) in [5, 5.41) is 7.59. The van der Waals surface area contributed by atoms with Crippen LogP contribution in [0, 0.1) is 0 Å². The van der Waals surface area contributed by atoms with Gasteiger partial charge in [0.25, 0.3) is 0 Å². The monoisotopic (exact) mass is 581 g/mol. The summed E-state index contributed by atoms with van der Waals surface area (Å²) in [4.78, 5) is 2.47. The molecule has 0 fully saturated rings. The molecule has 0 atom stereocenters. The molecule has 0 N–H and O–H groups in total. The van der Waals surface area contributed by atoms with Gasteiger partial charge in [-0.05, 0) is 91.7 Å². The fraction of sp³-hybridized carbons (Fsp3) is 0.182. The van der Waals surface area contributed by atoms with Gasteiger partial charge in [0.1, 0.15) is 0 Å². The molecule has 0 unspecified atom stereocenters. The molecule has 0 bridgehead atoms. The summed E-state index contributed by atoms with van der Waals surface area (Å²) in [6.07, 6.45) is 2.39. The van der Waals surface area contributed by atoms with Crippen molar-refractivity contribution < 1.29 is 0 Å². The van der Waals surface area contributed by atoms with Gasteiger partial charge < -0.3 is 4.90 Å². The molecular formula is C44H39N. The van der Waals surface area contributed by atoms with E-state index in [2.05, 4.69) is 172 Å². The van der Waals surface area contributed by atoms with Gasteiger partial charge in [0.2, 0.25) is 0 Å². The van der Waals surface area contributed by atoms with Crippen LogP contribution in [0.15, 0.2) is 140 Å². The van der Waals surface area contributed by atoms with Crippen LogP contribution in [0.25, 0.3) is 43.4 Å². The van der Waals surface area contributed by atoms with Crippen LogP contribution >= 0.6 is 0 Å². The highest BCUT2D eigenvalue weighted by atomic mass is 15.1. The Morgan fingerprint density at radius 3 is 1.73 bits per heavy atom. The third-order valence-electron chi connectivity index (χ3n) is 10.2. The molecule has 0 radical (unpaired) electrons. The number of hydrogen-bond acceptors (Lipinski definition) is 1. The molecule has 0 saturated heterocycles. The molecule has 1 aliphatic rings. The molecule has 8 rings (SSSR count). The predicted molar refractivity (Wildman–Crippen MR) is 194 cm³/mol. The Morgan fingerprint density at radius 2 is 1.04 bits per heavy atom. The molecule has 0 aromatic heterocycles. The second-order valence-electron chi connectivity index (χ2n) is 14.0. The van der Waals surface area contributed by atoms with Crippen LogP contribution in [0.2, 0.25) is 0 Å². The third-order valence-corrected chi connectivity index (χ3v) is 10.2. The summed E-state index contributed by atoms with van der Waals surface area (Å²) in [5.41, 5.74) is 9.49. The highest BCUT2D eigenvalue weighted by molar-refractivity contribution is 6.22. The van der Waals surface area contributed by atoms with Crippen molar-refractivity contribution in [2.24, 2.45) is 0 Å². The van der Waals surface area contributed by atoms with Gasteiger partial charge in [-0.3, -0.25) is 0 Å². The molecule has 1 aliphatic carbocycles. The molecule has 0 amide bonds. The Bertz CT molecular complexity index is 2160. The lowest BCUT2D eigenvalue weighted by Crippen LogP contribution is -2.34. The zero-order valence-electron chi connectivity index (χ0n) is 26.6. The fourth-order valence-corrected chi connectivity index (χ4v) is 7.88. The highest BCUT2D eigenvalue weighted by Gasteiger charge is 2.39. The maximum atomic E-state index is 2.47. The second kappa shape index (κ2) is 10.3. The first-order valence-corrected chi connectivity index (χ1v) is 16.3. The number of para-hydroxylation sites is 1. The molecule has 1 heteroatoms. The Hall–Kier alpha value is -4.88. The molecule has 220 valence electrons. The van der Waals surface area contributed by atoms with Gasteiger partial charge in [0, 0.05) is 22.1 Å². The smallest absolute Gasteiger partial charge is 0.0618 e. The Labute approximate surface area is 266 Å². The maximum Gasteiger partial charge on any atom is 0.0618 e. The molecule has 0 aliphatic heterocycles. The topological polar surface area (TPSA) is 3.24 Å². The minimum absolute atomic E-state index is 0.0868. The van der Waals surface area contributed by atoms with E-state index in [1.807, 2.05) is 0 Å². The van der Waals surface area contributed by atoms with Crippen LogP contribution < -0.4 is 4.90 Å². The Kier molecular flexibility index (Phi) is 6.36. The second-order valence-corrected chi connectivity index (χ2v) is 14.0. The van der Waals surface area contributed by atoms with E-state index in [1.165, 1.54) is 73.1 Å². The number of anilines is 3. The highest BCUT2D eigenvalue weighted by Crippen LogP contribution is 2.53. The minimum atomic E-state index is 0.0868. The van der Waals surface area contributed by atoms with Gasteiger partial charge in [-0.1, -0.05) is 143 Å². The molecule has 1 nitrogen and oxygen atoms in total. The van der Waals surface area contributed by atoms with Crippen molar-refractivity contribution in [3.63, 3.8) is 0 Å². The third kappa shape index (κ3) is 4.45. The number of fused-ring (bicyclic) bond motifs is 4. The van der Waals surface area contributed by atoms with Crippen LogP contribution in [-0.4, -0.2) is 0 Å². The van der Waals surface area contributed by atoms with E-state index in [9.17, 15) is 0 Å². The summed E-state index contributed by atoms with van der Waals surface area (Å²) in [5.74, 6) is 0. The summed E-state index contributed by atoms with van der Waals surface area (Å²) >= 11 is 0. The largest absolute Gasteiger partial charge is 0.309 e. The quantitative estimate of drug-likeness (QED) is 0.187. The lowest BCUT2D eigenvalue weighted by Gasteiger charge is -2.43. The van der Waals surface area contributed by atoms with Crippen LogP contribution in [-0.2, 0) is 10.8 Å². The van der Waals surface area contributed by atoms with Crippen molar-refractivity contribution >= 4 is 49.4 Å². The first-order valence-electron chi connectivity index (χ1n) is 16.3. The zero-order chi connectivity index (χ0) is 30.8. The van der Waals surface area contributed by atoms with E-state index in [0.29, 0.717) is 0 Å². The van der Waals surface area contributed by atoms with E-state index < -0.39 is 0 Å². The fourth-order valence-electron chi connectivity index (χ4n) is 7.88. The first kappa shape index (κ1) is 27.7. The maximum absolute atomic E-state index is 2.47. The Morgan fingerprint density at radius 1 is 0.467 bits per heavy atom. The zero-order valence-corrected chi connectivity index (χ0v) is 26.6. The molecule has 0 saturated carbocycles. The van der Waals surface area contributed by atoms with E-state index in [4.69, 9.17) is 0 Å². The van der Waals surface area contributed by atoms with Gasteiger partial charge in [-0.15, -0.1) is 0 Å². The average Bonchev–Trinajstić information content (AvgIpc) is 3.07. The van der Waals surface area contributed by atoms with Gasteiger partial charge in [0.15, 0.2) is 0 Å². The van der Waals surface area contributed by atoms with Gasteiger partial charge in [-0.25, -0.2) is 0 Å². The van der Waals surface area contributed by atoms with E-state index in [1.54, 1.807) is 0 Å². The van der Waals surface area contributed by atoms with Gasteiger partial charge in [0.05, 0.1) is 5.69 Å². The molecule has 7 aromatic carbocycles. The summed E-state index contributed by atoms with van der Waals surface area (Å²) in [7, 11) is 0. The van der Waals surface area contributed by atoms with Crippen LogP contribution in [0.1, 0.15) is 51.7 Å². The molecular weight excluding hydrogens is 542 g/mol. The van der Waals surface area contributed by atoms with Crippen molar-refractivity contribution in [2.45, 2.75) is 51.4 Å². The number of hydrogen-bond donors (Lipinski definition) is 0. The van der Waals surface area contributed by atoms with Crippen LogP contribution in [0.3, 0.4) is 0 Å². The van der Waals surface area contributed by atoms with Crippen LogP contribution in [0.4, 0.5) is 17.1 Å². The first-order chi connectivity index (χ1) is 21.8. The average molecular weight is 582 g/mol. The van der Waals surface area contributed by atoms with Crippen molar-refractivity contribution in [2.75, 3.05) is 4.90 Å². The number of nitrogens with zero attached hydrogens (tertiary/aromatic N) is 1. The van der Waals surface area contributed by atoms with E-state index >= 15 is 0 Å². The van der Waals surface area contributed by atoms with Crippen molar-refractivity contribution in [1.29, 1.82) is 0 Å². The molecule has 0 heterocycles. The SMILES string of the molecule is CC1(C)CCC(C)(C)c2c(-c3c4ccccc4c(N(c4ccccc4)c4ccc5ccccc5c4)c4ccccc34)cccc21. The normalized spacial score (nSPS) is 15.3. The standard InChI is InChI=1S/C44H39N/c1-43(2)27-28-44(3,4)41-38(23-14-24-39(41)43)40-34-19-10-12-21-36(34)42(37-22-13-11-20-35(37)40)45(32-17-6-5-7-18-32)33-26-25-30-15-8-9-16-31(30)29-33/h5-26,29H,27-28H2,1-4H3. The predicted octanol–water partition coefficient (Wildman–Crippen LogP) is 12.6.